The van der Waals surface area contributed by atoms with Crippen LogP contribution in [-0.2, 0) is 95.3 Å². The fraction of sp³-hybridized carbons (Fsp3) is 0.808. The Labute approximate surface area is 421 Å². The number of rotatable bonds is 16. The normalized spacial score (nSPS) is 30.2. The van der Waals surface area contributed by atoms with Crippen molar-refractivity contribution in [1.29, 1.82) is 0 Å². The molecule has 404 valence electrons. The number of hydrogen-bond acceptors (Lipinski definition) is 20. The Morgan fingerprint density at radius 1 is 0.458 bits per heavy atom. The molecule has 20 nitrogen and oxygen atoms in total. The second-order valence-corrected chi connectivity index (χ2v) is 22.5. The maximum Gasteiger partial charge on any atom is 0.347 e. The molecule has 4 bridgehead atoms. The van der Waals surface area contributed by atoms with Crippen LogP contribution in [0.15, 0.2) is 0 Å². The van der Waals surface area contributed by atoms with Gasteiger partial charge in [-0.3, -0.25) is 28.8 Å². The summed E-state index contributed by atoms with van der Waals surface area (Å²) in [5.74, 6) is -2.82. The van der Waals surface area contributed by atoms with Crippen molar-refractivity contribution in [3.63, 3.8) is 0 Å². The highest BCUT2D eigenvalue weighted by Gasteiger charge is 2.64. The van der Waals surface area contributed by atoms with Gasteiger partial charge >= 0.3 is 59.7 Å². The van der Waals surface area contributed by atoms with Crippen LogP contribution < -0.4 is 0 Å². The summed E-state index contributed by atoms with van der Waals surface area (Å²) >= 11 is 0. The SMILES string of the molecule is CCC(C)(C)C(=O)OC1C2CC3C(=O)OC1C3C2.CCC(C)(C)C(=O)OC1CCOC1=O.CCC(C)(C)C(=O)OCC(=O)OC1C2CC3C(=O)OC1C3C2.CCC(C)(C)C(=O)OCC(=O)OC1CCOC1=O. The molecule has 12 unspecified atom stereocenters. The van der Waals surface area contributed by atoms with Crippen molar-refractivity contribution in [3.05, 3.63) is 0 Å². The van der Waals surface area contributed by atoms with Gasteiger partial charge in [-0.25, -0.2) is 19.2 Å². The zero-order valence-corrected chi connectivity index (χ0v) is 44.0. The van der Waals surface area contributed by atoms with E-state index in [4.69, 9.17) is 42.6 Å². The third kappa shape index (κ3) is 13.3. The van der Waals surface area contributed by atoms with Crippen molar-refractivity contribution in [2.75, 3.05) is 26.4 Å². The number of esters is 10. The van der Waals surface area contributed by atoms with Crippen LogP contribution in [0.1, 0.15) is 147 Å². The van der Waals surface area contributed by atoms with Gasteiger partial charge in [0.1, 0.15) is 24.4 Å². The van der Waals surface area contributed by atoms with Gasteiger partial charge in [0.25, 0.3) is 0 Å². The molecule has 4 heterocycles. The van der Waals surface area contributed by atoms with Gasteiger partial charge in [0.2, 0.25) is 12.2 Å². The molecule has 0 aromatic heterocycles. The second kappa shape index (κ2) is 23.3. The summed E-state index contributed by atoms with van der Waals surface area (Å²) in [4.78, 5) is 116. The minimum atomic E-state index is -0.865. The molecule has 72 heavy (non-hydrogen) atoms. The van der Waals surface area contributed by atoms with Crippen LogP contribution in [0.5, 0.6) is 0 Å². The Hall–Kier alpha value is -5.30. The van der Waals surface area contributed by atoms with E-state index in [9.17, 15) is 47.9 Å². The van der Waals surface area contributed by atoms with Crippen molar-refractivity contribution in [2.45, 2.75) is 184 Å². The molecule has 20 heteroatoms. The molecule has 0 spiro atoms. The van der Waals surface area contributed by atoms with Crippen molar-refractivity contribution >= 4 is 59.7 Å². The molecule has 8 aliphatic rings. The highest BCUT2D eigenvalue weighted by molar-refractivity contribution is 5.84. The molecule has 8 rings (SSSR count). The van der Waals surface area contributed by atoms with E-state index in [1.165, 1.54) is 0 Å². The smallest absolute Gasteiger partial charge is 0.347 e. The summed E-state index contributed by atoms with van der Waals surface area (Å²) in [5, 5.41) is 0. The number of ether oxygens (including phenoxy) is 10. The number of cyclic esters (lactones) is 2. The van der Waals surface area contributed by atoms with Crippen molar-refractivity contribution in [3.8, 4) is 0 Å². The highest BCUT2D eigenvalue weighted by Crippen LogP contribution is 2.56. The number of carbonyl (C=O) groups is 10. The van der Waals surface area contributed by atoms with Gasteiger partial charge in [-0.2, -0.15) is 0 Å². The Bertz CT molecular complexity index is 2070. The van der Waals surface area contributed by atoms with Crippen LogP contribution in [0, 0.1) is 57.2 Å². The first-order valence-electron chi connectivity index (χ1n) is 25.5. The van der Waals surface area contributed by atoms with Crippen LogP contribution >= 0.6 is 0 Å². The molecule has 8 fully saturated rings. The third-order valence-electron chi connectivity index (χ3n) is 16.0. The molecule has 4 aliphatic heterocycles. The summed E-state index contributed by atoms with van der Waals surface area (Å²) < 4.78 is 50.9. The third-order valence-corrected chi connectivity index (χ3v) is 16.0. The van der Waals surface area contributed by atoms with E-state index in [0.29, 0.717) is 50.5 Å². The lowest BCUT2D eigenvalue weighted by Gasteiger charge is -2.29. The van der Waals surface area contributed by atoms with Crippen LogP contribution in [0.2, 0.25) is 0 Å². The number of fused-ring (bicyclic) bond motifs is 2. The fourth-order valence-corrected chi connectivity index (χ4v) is 9.47. The van der Waals surface area contributed by atoms with Gasteiger partial charge in [0.15, 0.2) is 13.2 Å². The molecule has 0 aromatic rings. The highest BCUT2D eigenvalue weighted by atomic mass is 16.6. The van der Waals surface area contributed by atoms with Crippen LogP contribution in [-0.4, -0.2) is 123 Å². The summed E-state index contributed by atoms with van der Waals surface area (Å²) in [6.45, 7) is 21.8. The topological polar surface area (TPSA) is 263 Å². The van der Waals surface area contributed by atoms with Crippen molar-refractivity contribution in [1.82, 2.24) is 0 Å². The van der Waals surface area contributed by atoms with E-state index in [2.05, 4.69) is 4.74 Å². The molecule has 4 saturated carbocycles. The van der Waals surface area contributed by atoms with Crippen LogP contribution in [0.4, 0.5) is 0 Å². The second-order valence-electron chi connectivity index (χ2n) is 22.5. The Balaban J connectivity index is 0.000000181. The minimum Gasteiger partial charge on any atom is -0.463 e. The quantitative estimate of drug-likeness (QED) is 0.137. The van der Waals surface area contributed by atoms with Gasteiger partial charge in [0, 0.05) is 36.5 Å². The predicted octanol–water partition coefficient (Wildman–Crippen LogP) is 5.48. The van der Waals surface area contributed by atoms with E-state index in [-0.39, 0.29) is 85.2 Å². The predicted molar refractivity (Wildman–Crippen MR) is 248 cm³/mol. The molecule has 4 saturated heterocycles. The van der Waals surface area contributed by atoms with Crippen LogP contribution in [0.25, 0.3) is 0 Å². The van der Waals surface area contributed by atoms with Crippen LogP contribution in [0.3, 0.4) is 0 Å². The first-order chi connectivity index (χ1) is 33.6. The van der Waals surface area contributed by atoms with Gasteiger partial charge < -0.3 is 47.4 Å². The fourth-order valence-electron chi connectivity index (χ4n) is 9.47. The maximum atomic E-state index is 12.1. The standard InChI is InChI=1S/C16H22O6.C14H20O4.C12H18O6.C10H16O4/c1-4-16(2,3)15(19)20-7-11(17)21-12-8-5-9-10(6-8)14(18)22-13(9)12;1-4-14(2,3)13(16)18-10-7-5-8-9(6-7)12(15)17-11(8)10;1-4-12(2,3)11(15)17-7-9(13)18-8-5-6-16-10(8)14;1-4-10(2,3)9(12)14-7-5-6-13-8(7)11/h8-10,12-13H,4-7H2,1-3H3;7-11H,4-6H2,1-3H3;8H,4-7H2,1-3H3;7H,4-6H2,1-3H3. The molecular formula is C52H76O20. The molecular weight excluding hydrogens is 945 g/mol. The van der Waals surface area contributed by atoms with Gasteiger partial charge in [0.05, 0.1) is 46.7 Å². The molecule has 0 radical (unpaired) electrons. The summed E-state index contributed by atoms with van der Waals surface area (Å²) in [6.07, 6.45) is 4.33. The van der Waals surface area contributed by atoms with Crippen molar-refractivity contribution in [2.24, 2.45) is 57.2 Å². The Kier molecular flexibility index (Phi) is 18.6. The van der Waals surface area contributed by atoms with E-state index in [1.807, 2.05) is 41.5 Å². The van der Waals surface area contributed by atoms with E-state index in [0.717, 1.165) is 32.1 Å². The van der Waals surface area contributed by atoms with E-state index >= 15 is 0 Å². The molecule has 0 aromatic carbocycles. The molecule has 4 aliphatic carbocycles. The summed E-state index contributed by atoms with van der Waals surface area (Å²) in [6, 6.07) is 0. The molecule has 0 N–H and O–H groups in total. The first kappa shape index (κ1) is 57.6. The van der Waals surface area contributed by atoms with Gasteiger partial charge in [-0.1, -0.05) is 27.7 Å². The molecule has 12 atom stereocenters. The average Bonchev–Trinajstić information content (AvgIpc) is 4.24. The lowest BCUT2D eigenvalue weighted by atomic mass is 9.87. The van der Waals surface area contributed by atoms with E-state index < -0.39 is 76.3 Å². The van der Waals surface area contributed by atoms with E-state index in [1.54, 1.807) is 41.5 Å². The van der Waals surface area contributed by atoms with Crippen molar-refractivity contribution < 1.29 is 95.3 Å². The number of hydrogen-bond donors (Lipinski definition) is 0. The summed E-state index contributed by atoms with van der Waals surface area (Å²) in [5.41, 5.74) is -2.22. The zero-order chi connectivity index (χ0) is 53.7. The Morgan fingerprint density at radius 3 is 1.18 bits per heavy atom. The lowest BCUT2D eigenvalue weighted by molar-refractivity contribution is -0.172. The van der Waals surface area contributed by atoms with Gasteiger partial charge in [-0.15, -0.1) is 0 Å². The zero-order valence-electron chi connectivity index (χ0n) is 44.0. The minimum absolute atomic E-state index is 0.00636. The maximum absolute atomic E-state index is 12.1. The summed E-state index contributed by atoms with van der Waals surface area (Å²) in [7, 11) is 0. The largest absolute Gasteiger partial charge is 0.463 e. The lowest BCUT2D eigenvalue weighted by Crippen LogP contribution is -2.39. The van der Waals surface area contributed by atoms with Gasteiger partial charge in [-0.05, 0) is 107 Å². The number of carbonyl (C=O) groups excluding carboxylic acids is 10. The average molecular weight is 1020 g/mol. The molecule has 0 amide bonds. The Morgan fingerprint density at radius 2 is 0.806 bits per heavy atom. The first-order valence-corrected chi connectivity index (χ1v) is 25.5. The monoisotopic (exact) mass is 1020 g/mol.